The number of hydrogen-bond acceptors (Lipinski definition) is 2. The first kappa shape index (κ1) is 44.9. The smallest absolute Gasteiger partial charge is 0.127 e. The van der Waals surface area contributed by atoms with E-state index in [1.165, 1.54) is 27.8 Å². The number of pyridine rings is 1. The number of phenols is 1. The summed E-state index contributed by atoms with van der Waals surface area (Å²) in [6, 6.07) is 77.8. The van der Waals surface area contributed by atoms with E-state index in [1.807, 2.05) is 6.07 Å². The molecule has 0 aliphatic heterocycles. The lowest BCUT2D eigenvalue weighted by Gasteiger charge is -2.33. The van der Waals surface area contributed by atoms with Gasteiger partial charge in [-0.05, 0) is 73.8 Å². The normalized spacial score (nSPS) is 12.2. The summed E-state index contributed by atoms with van der Waals surface area (Å²) in [4.78, 5) is 5.51. The van der Waals surface area contributed by atoms with E-state index in [0.29, 0.717) is 0 Å². The molecule has 9 aromatic rings. The largest absolute Gasteiger partial charge is 0.507 e. The van der Waals surface area contributed by atoms with E-state index in [9.17, 15) is 5.11 Å². The van der Waals surface area contributed by atoms with Crippen LogP contribution in [0.2, 0.25) is 0 Å². The van der Waals surface area contributed by atoms with Gasteiger partial charge in [0.15, 0.2) is 0 Å². The maximum Gasteiger partial charge on any atom is 0.127 e. The van der Waals surface area contributed by atoms with Crippen molar-refractivity contribution in [3.05, 3.63) is 263 Å². The molecule has 0 aliphatic carbocycles. The first-order valence-corrected chi connectivity index (χ1v) is 23.6. The Labute approximate surface area is 398 Å². The third-order valence-electron chi connectivity index (χ3n) is 14.6. The number of nitrogens with zero attached hydrogens (tertiary/aromatic N) is 1. The minimum Gasteiger partial charge on any atom is -0.507 e. The second-order valence-electron chi connectivity index (χ2n) is 20.2. The van der Waals surface area contributed by atoms with Gasteiger partial charge in [0.05, 0.1) is 11.4 Å². The first-order valence-electron chi connectivity index (χ1n) is 23.6. The van der Waals surface area contributed by atoms with Gasteiger partial charge in [-0.3, -0.25) is 0 Å². The molecule has 0 fully saturated rings. The number of hydrogen-bond donors (Lipinski definition) is 1. The number of phenolic OH excluding ortho intramolecular Hbond substituents is 1. The summed E-state index contributed by atoms with van der Waals surface area (Å²) >= 11 is 0. The first-order chi connectivity index (χ1) is 32.2. The van der Waals surface area contributed by atoms with Crippen LogP contribution in [0.3, 0.4) is 0 Å². The van der Waals surface area contributed by atoms with Gasteiger partial charge in [-0.1, -0.05) is 256 Å². The molecule has 1 aromatic heterocycles. The molecule has 2 heteroatoms. The summed E-state index contributed by atoms with van der Waals surface area (Å²) in [5.74, 6) is 0.281. The van der Waals surface area contributed by atoms with Gasteiger partial charge in [-0.25, -0.2) is 4.98 Å². The van der Waals surface area contributed by atoms with Gasteiger partial charge >= 0.3 is 0 Å². The average Bonchev–Trinajstić information content (AvgIpc) is 3.37. The summed E-state index contributed by atoms with van der Waals surface area (Å²) in [6.45, 7) is 18.3. The fourth-order valence-electron chi connectivity index (χ4n) is 9.89. The standard InChI is InChI=1S/C65H61NO/c1-62(2,46-26-13-9-14-27-46)50-40-45(41-51(42-50)63(3,4)47-28-15-10-16-29-47)53-34-21-23-36-55(53)59-38-25-39-60(66-59)56-37-24-22-35-54(56)57-43-52(64(5,6)48-30-17-11-18-31-48)44-58(61(57)67)65(7,8)49-32-19-12-20-33-49/h9-44,67H,1-8H3. The molecule has 0 bridgehead atoms. The van der Waals surface area contributed by atoms with Gasteiger partial charge in [-0.2, -0.15) is 0 Å². The molecule has 0 aliphatic rings. The zero-order valence-electron chi connectivity index (χ0n) is 40.2. The summed E-state index contributed by atoms with van der Waals surface area (Å²) in [5, 5.41) is 12.7. The van der Waals surface area contributed by atoms with Crippen molar-refractivity contribution in [3.63, 3.8) is 0 Å². The van der Waals surface area contributed by atoms with Crippen molar-refractivity contribution >= 4 is 0 Å². The molecule has 2 nitrogen and oxygen atoms in total. The Bertz CT molecular complexity index is 3090. The molecule has 0 saturated carbocycles. The molecule has 8 aromatic carbocycles. The van der Waals surface area contributed by atoms with E-state index in [4.69, 9.17) is 4.98 Å². The molecular formula is C65H61NO. The van der Waals surface area contributed by atoms with Gasteiger partial charge in [-0.15, -0.1) is 0 Å². The predicted octanol–water partition coefficient (Wildman–Crippen LogP) is 16.8. The summed E-state index contributed by atoms with van der Waals surface area (Å²) in [6.07, 6.45) is 0. The number of benzene rings is 8. The van der Waals surface area contributed by atoms with Gasteiger partial charge in [0, 0.05) is 43.9 Å². The van der Waals surface area contributed by atoms with Gasteiger partial charge in [0.25, 0.3) is 0 Å². The molecule has 0 unspecified atom stereocenters. The summed E-state index contributed by atoms with van der Waals surface area (Å²) in [5.41, 5.74) is 15.8. The zero-order valence-corrected chi connectivity index (χ0v) is 40.2. The van der Waals surface area contributed by atoms with Crippen LogP contribution in [0.25, 0.3) is 44.8 Å². The molecule has 1 N–H and O–H groups in total. The molecule has 1 heterocycles. The highest BCUT2D eigenvalue weighted by Crippen LogP contribution is 2.48. The molecule has 0 saturated heterocycles. The number of aromatic hydroxyl groups is 1. The van der Waals surface area contributed by atoms with Crippen molar-refractivity contribution in [1.29, 1.82) is 0 Å². The Morgan fingerprint density at radius 2 is 0.627 bits per heavy atom. The maximum atomic E-state index is 12.7. The second kappa shape index (κ2) is 17.8. The van der Waals surface area contributed by atoms with Crippen LogP contribution in [-0.4, -0.2) is 10.1 Å². The van der Waals surface area contributed by atoms with Crippen LogP contribution < -0.4 is 0 Å². The molecule has 0 atom stereocenters. The van der Waals surface area contributed by atoms with E-state index >= 15 is 0 Å². The Balaban J connectivity index is 1.20. The Morgan fingerprint density at radius 3 is 1.06 bits per heavy atom. The van der Waals surface area contributed by atoms with Crippen molar-refractivity contribution in [2.45, 2.75) is 77.0 Å². The molecule has 9 rings (SSSR count). The van der Waals surface area contributed by atoms with Crippen molar-refractivity contribution in [1.82, 2.24) is 4.98 Å². The van der Waals surface area contributed by atoms with Crippen LogP contribution in [0.4, 0.5) is 0 Å². The average molecular weight is 872 g/mol. The Kier molecular flexibility index (Phi) is 11.9. The highest BCUT2D eigenvalue weighted by molar-refractivity contribution is 5.88. The van der Waals surface area contributed by atoms with Crippen molar-refractivity contribution in [2.24, 2.45) is 0 Å². The van der Waals surface area contributed by atoms with E-state index < -0.39 is 5.41 Å². The molecule has 67 heavy (non-hydrogen) atoms. The van der Waals surface area contributed by atoms with Crippen molar-refractivity contribution in [2.75, 3.05) is 0 Å². The van der Waals surface area contributed by atoms with Crippen LogP contribution in [0, 0.1) is 0 Å². The zero-order chi connectivity index (χ0) is 47.0. The topological polar surface area (TPSA) is 33.1 Å². The van der Waals surface area contributed by atoms with Crippen LogP contribution in [0.5, 0.6) is 5.75 Å². The van der Waals surface area contributed by atoms with Gasteiger partial charge in [0.2, 0.25) is 0 Å². The molecule has 0 amide bonds. The lowest BCUT2D eigenvalue weighted by molar-refractivity contribution is 0.453. The quantitative estimate of drug-likeness (QED) is 0.133. The highest BCUT2D eigenvalue weighted by Gasteiger charge is 2.33. The third kappa shape index (κ3) is 8.54. The van der Waals surface area contributed by atoms with Crippen LogP contribution >= 0.6 is 0 Å². The highest BCUT2D eigenvalue weighted by atomic mass is 16.3. The molecule has 0 radical (unpaired) electrons. The number of aromatic nitrogens is 1. The minimum absolute atomic E-state index is 0.259. The monoisotopic (exact) mass is 871 g/mol. The predicted molar refractivity (Wildman–Crippen MR) is 282 cm³/mol. The van der Waals surface area contributed by atoms with Crippen LogP contribution in [0.1, 0.15) is 99.9 Å². The van der Waals surface area contributed by atoms with E-state index in [2.05, 4.69) is 268 Å². The third-order valence-corrected chi connectivity index (χ3v) is 14.6. The minimum atomic E-state index is -0.497. The van der Waals surface area contributed by atoms with E-state index in [-0.39, 0.29) is 22.0 Å². The number of rotatable bonds is 12. The summed E-state index contributed by atoms with van der Waals surface area (Å²) < 4.78 is 0. The maximum absolute atomic E-state index is 12.7. The fraction of sp³-hybridized carbons (Fsp3) is 0.185. The van der Waals surface area contributed by atoms with E-state index in [1.54, 1.807) is 0 Å². The van der Waals surface area contributed by atoms with Crippen LogP contribution in [-0.2, 0) is 21.7 Å². The van der Waals surface area contributed by atoms with Crippen LogP contribution in [0.15, 0.2) is 218 Å². The van der Waals surface area contributed by atoms with Crippen molar-refractivity contribution < 1.29 is 5.11 Å². The Morgan fingerprint density at radius 1 is 0.284 bits per heavy atom. The van der Waals surface area contributed by atoms with Gasteiger partial charge in [0.1, 0.15) is 5.75 Å². The van der Waals surface area contributed by atoms with Gasteiger partial charge < -0.3 is 5.11 Å². The molecular weight excluding hydrogens is 811 g/mol. The molecule has 0 spiro atoms. The fourth-order valence-corrected chi connectivity index (χ4v) is 9.89. The summed E-state index contributed by atoms with van der Waals surface area (Å²) in [7, 11) is 0. The van der Waals surface area contributed by atoms with E-state index in [0.717, 1.165) is 61.5 Å². The molecule has 332 valence electrons. The second-order valence-corrected chi connectivity index (χ2v) is 20.2. The SMILES string of the molecule is CC(C)(c1ccccc1)c1cc(-c2ccccc2-c2cccc(-c3ccccc3-c3cc(C(C)(C)c4ccccc4)cc(C(C)(C)c4ccccc4)c3O)n2)cc(C(C)(C)c2ccccc2)c1. The Hall–Kier alpha value is -7.29. The van der Waals surface area contributed by atoms with Crippen molar-refractivity contribution in [3.8, 4) is 50.5 Å². The lowest BCUT2D eigenvalue weighted by atomic mass is 9.71. The lowest BCUT2D eigenvalue weighted by Crippen LogP contribution is -2.23.